The molecule has 0 unspecified atom stereocenters. The van der Waals surface area contributed by atoms with Gasteiger partial charge in [-0.1, -0.05) is 30.3 Å². The van der Waals surface area contributed by atoms with E-state index in [1.807, 2.05) is 37.3 Å². The third-order valence-corrected chi connectivity index (χ3v) is 6.33. The SMILES string of the molecule is CN(C)C(=O)c1ccc(Cn2ccccc2=O)cc1.Cc1ncn(Cc2ccc(C(=O)N(C)C)cc2)c(=O)c1C. The number of nitrogens with zero attached hydrogens (tertiary/aromatic N) is 5. The van der Waals surface area contributed by atoms with Gasteiger partial charge in [-0.25, -0.2) is 4.98 Å². The van der Waals surface area contributed by atoms with Crippen molar-refractivity contribution in [2.45, 2.75) is 26.9 Å². The first-order chi connectivity index (χ1) is 19.0. The molecule has 0 radical (unpaired) electrons. The molecule has 2 amide bonds. The molecule has 2 aromatic carbocycles. The molecule has 2 aromatic heterocycles. The molecule has 2 heterocycles. The quantitative estimate of drug-likeness (QED) is 0.374. The van der Waals surface area contributed by atoms with Crippen molar-refractivity contribution in [1.82, 2.24) is 23.9 Å². The van der Waals surface area contributed by atoms with Gasteiger partial charge >= 0.3 is 0 Å². The Kier molecular flexibility index (Phi) is 9.92. The van der Waals surface area contributed by atoms with Crippen LogP contribution in [0, 0.1) is 13.8 Å². The van der Waals surface area contributed by atoms with Crippen molar-refractivity contribution in [3.63, 3.8) is 0 Å². The van der Waals surface area contributed by atoms with Crippen molar-refractivity contribution in [3.8, 4) is 0 Å². The van der Waals surface area contributed by atoms with Gasteiger partial charge in [-0.05, 0) is 55.3 Å². The molecule has 9 heteroatoms. The number of carbonyl (C=O) groups excluding carboxylic acids is 2. The van der Waals surface area contributed by atoms with E-state index in [2.05, 4.69) is 4.98 Å². The number of hydrogen-bond acceptors (Lipinski definition) is 5. The smallest absolute Gasteiger partial charge is 0.256 e. The normalized spacial score (nSPS) is 10.3. The van der Waals surface area contributed by atoms with Gasteiger partial charge in [-0.2, -0.15) is 0 Å². The third-order valence-electron chi connectivity index (χ3n) is 6.33. The van der Waals surface area contributed by atoms with Crippen LogP contribution < -0.4 is 11.1 Å². The van der Waals surface area contributed by atoms with Gasteiger partial charge in [0.15, 0.2) is 0 Å². The number of amides is 2. The topological polar surface area (TPSA) is 97.5 Å². The highest BCUT2D eigenvalue weighted by Gasteiger charge is 2.09. The number of pyridine rings is 1. The van der Waals surface area contributed by atoms with Crippen LogP contribution in [0.25, 0.3) is 0 Å². The first-order valence-corrected chi connectivity index (χ1v) is 12.8. The van der Waals surface area contributed by atoms with Gasteiger partial charge < -0.3 is 14.4 Å². The standard InChI is InChI=1S/C16H19N3O2.C15H16N2O2/c1-11-12(2)17-10-19(15(11)20)9-13-5-7-14(8-6-13)16(21)18(3)4;1-16(2)15(19)13-8-6-12(7-9-13)11-17-10-4-3-5-14(17)18/h5-8,10H,9H2,1-4H3;3-10H,11H2,1-2H3. The Morgan fingerprint density at radius 1 is 0.700 bits per heavy atom. The van der Waals surface area contributed by atoms with Crippen LogP contribution in [0.2, 0.25) is 0 Å². The highest BCUT2D eigenvalue weighted by Crippen LogP contribution is 2.09. The van der Waals surface area contributed by atoms with Crippen LogP contribution in [0.5, 0.6) is 0 Å². The molecule has 0 atom stereocenters. The summed E-state index contributed by atoms with van der Waals surface area (Å²) in [6.45, 7) is 4.56. The predicted molar refractivity (Wildman–Crippen MR) is 156 cm³/mol. The average molecular weight is 542 g/mol. The summed E-state index contributed by atoms with van der Waals surface area (Å²) in [5, 5.41) is 0. The summed E-state index contributed by atoms with van der Waals surface area (Å²) in [7, 11) is 6.88. The second-order valence-electron chi connectivity index (χ2n) is 9.85. The number of aromatic nitrogens is 3. The molecule has 40 heavy (non-hydrogen) atoms. The van der Waals surface area contributed by atoms with Crippen LogP contribution in [0.1, 0.15) is 43.1 Å². The van der Waals surface area contributed by atoms with Crippen LogP contribution in [-0.4, -0.2) is 63.9 Å². The summed E-state index contributed by atoms with van der Waals surface area (Å²) in [6, 6.07) is 19.7. The van der Waals surface area contributed by atoms with E-state index in [4.69, 9.17) is 0 Å². The van der Waals surface area contributed by atoms with Gasteiger partial charge in [0.2, 0.25) is 0 Å². The lowest BCUT2D eigenvalue weighted by molar-refractivity contribution is 0.0820. The van der Waals surface area contributed by atoms with E-state index in [1.165, 1.54) is 15.9 Å². The minimum atomic E-state index is -0.0356. The number of rotatable bonds is 6. The molecule has 0 bridgehead atoms. The minimum Gasteiger partial charge on any atom is -0.345 e. The van der Waals surface area contributed by atoms with E-state index in [0.717, 1.165) is 16.8 Å². The zero-order valence-corrected chi connectivity index (χ0v) is 23.8. The molecule has 0 N–H and O–H groups in total. The van der Waals surface area contributed by atoms with E-state index < -0.39 is 0 Å². The second-order valence-corrected chi connectivity index (χ2v) is 9.85. The lowest BCUT2D eigenvalue weighted by Crippen LogP contribution is -2.24. The van der Waals surface area contributed by atoms with Crippen molar-refractivity contribution in [3.05, 3.63) is 133 Å². The maximum absolute atomic E-state index is 12.1. The van der Waals surface area contributed by atoms with E-state index in [-0.39, 0.29) is 22.9 Å². The van der Waals surface area contributed by atoms with Gasteiger partial charge in [0.05, 0.1) is 19.4 Å². The van der Waals surface area contributed by atoms with Crippen molar-refractivity contribution < 1.29 is 9.59 Å². The predicted octanol–water partition coefficient (Wildman–Crippen LogP) is 3.21. The number of benzene rings is 2. The van der Waals surface area contributed by atoms with Crippen molar-refractivity contribution in [2.24, 2.45) is 0 Å². The molecule has 4 aromatic rings. The molecule has 0 aliphatic heterocycles. The number of carbonyl (C=O) groups is 2. The lowest BCUT2D eigenvalue weighted by Gasteiger charge is -2.11. The Morgan fingerprint density at radius 3 is 1.62 bits per heavy atom. The van der Waals surface area contributed by atoms with Crippen molar-refractivity contribution >= 4 is 11.8 Å². The van der Waals surface area contributed by atoms with Crippen LogP contribution >= 0.6 is 0 Å². The highest BCUT2D eigenvalue weighted by atomic mass is 16.2. The Hall–Kier alpha value is -4.79. The van der Waals surface area contributed by atoms with E-state index in [1.54, 1.807) is 87.1 Å². The molecule has 0 aliphatic rings. The molecule has 0 aliphatic carbocycles. The highest BCUT2D eigenvalue weighted by molar-refractivity contribution is 5.94. The molecular weight excluding hydrogens is 506 g/mol. The maximum atomic E-state index is 12.1. The lowest BCUT2D eigenvalue weighted by atomic mass is 10.1. The Labute approximate surface area is 234 Å². The van der Waals surface area contributed by atoms with E-state index in [9.17, 15) is 19.2 Å². The molecule has 4 rings (SSSR count). The van der Waals surface area contributed by atoms with Gasteiger partial charge in [0.1, 0.15) is 0 Å². The fourth-order valence-corrected chi connectivity index (χ4v) is 3.79. The summed E-state index contributed by atoms with van der Waals surface area (Å²) in [4.78, 5) is 54.5. The Balaban J connectivity index is 0.000000222. The summed E-state index contributed by atoms with van der Waals surface area (Å²) < 4.78 is 3.20. The Bertz CT molecular complexity index is 1580. The molecule has 0 saturated carbocycles. The first-order valence-electron chi connectivity index (χ1n) is 12.8. The fourth-order valence-electron chi connectivity index (χ4n) is 3.79. The maximum Gasteiger partial charge on any atom is 0.256 e. The summed E-state index contributed by atoms with van der Waals surface area (Å²) in [5.41, 5.74) is 4.58. The third kappa shape index (κ3) is 7.63. The first kappa shape index (κ1) is 29.8. The van der Waals surface area contributed by atoms with Crippen LogP contribution in [0.4, 0.5) is 0 Å². The second kappa shape index (κ2) is 13.3. The monoisotopic (exact) mass is 541 g/mol. The molecule has 0 saturated heterocycles. The van der Waals surface area contributed by atoms with Gasteiger partial charge in [-0.3, -0.25) is 23.7 Å². The Morgan fingerprint density at radius 2 is 1.18 bits per heavy atom. The molecule has 0 spiro atoms. The van der Waals surface area contributed by atoms with Crippen LogP contribution in [0.3, 0.4) is 0 Å². The zero-order chi connectivity index (χ0) is 29.4. The average Bonchev–Trinajstić information content (AvgIpc) is 2.95. The fraction of sp³-hybridized carbons (Fsp3) is 0.258. The van der Waals surface area contributed by atoms with Crippen LogP contribution in [0.15, 0.2) is 88.8 Å². The van der Waals surface area contributed by atoms with Gasteiger partial charge in [-0.15, -0.1) is 0 Å². The number of aryl methyl sites for hydroxylation is 1. The minimum absolute atomic E-state index is 0.0246. The van der Waals surface area contributed by atoms with Crippen LogP contribution in [-0.2, 0) is 13.1 Å². The van der Waals surface area contributed by atoms with Gasteiger partial charge in [0.25, 0.3) is 22.9 Å². The largest absolute Gasteiger partial charge is 0.345 e. The molecular formula is C31H35N5O4. The summed E-state index contributed by atoms with van der Waals surface area (Å²) >= 11 is 0. The zero-order valence-electron chi connectivity index (χ0n) is 23.8. The summed E-state index contributed by atoms with van der Waals surface area (Å²) in [5.74, 6) is -0.0602. The van der Waals surface area contributed by atoms with Gasteiger partial charge in [0, 0.05) is 62.8 Å². The van der Waals surface area contributed by atoms with E-state index >= 15 is 0 Å². The molecule has 208 valence electrons. The summed E-state index contributed by atoms with van der Waals surface area (Å²) in [6.07, 6.45) is 3.31. The molecule has 9 nitrogen and oxygen atoms in total. The number of hydrogen-bond donors (Lipinski definition) is 0. The van der Waals surface area contributed by atoms with Crippen molar-refractivity contribution in [2.75, 3.05) is 28.2 Å². The molecule has 0 fully saturated rings. The van der Waals surface area contributed by atoms with E-state index in [0.29, 0.717) is 29.8 Å². The van der Waals surface area contributed by atoms with Crippen molar-refractivity contribution in [1.29, 1.82) is 0 Å².